The molecule has 2 unspecified atom stereocenters. The van der Waals surface area contributed by atoms with Gasteiger partial charge in [0, 0.05) is 5.56 Å². The number of aliphatic hydroxyl groups is 1. The van der Waals surface area contributed by atoms with Crippen molar-refractivity contribution in [2.45, 2.75) is 64.9 Å². The summed E-state index contributed by atoms with van der Waals surface area (Å²) in [7, 11) is 0. The van der Waals surface area contributed by atoms with E-state index in [9.17, 15) is 14.7 Å². The monoisotopic (exact) mass is 426 g/mol. The van der Waals surface area contributed by atoms with Crippen LogP contribution in [0.5, 0.6) is 0 Å². The van der Waals surface area contributed by atoms with Gasteiger partial charge < -0.3 is 5.11 Å². The molecule has 4 aliphatic carbocycles. The summed E-state index contributed by atoms with van der Waals surface area (Å²) in [4.78, 5) is 26.3. The molecule has 1 aromatic carbocycles. The lowest BCUT2D eigenvalue weighted by Gasteiger charge is -2.58. The molecule has 0 aromatic heterocycles. The molecule has 0 aliphatic heterocycles. The molecule has 4 aliphatic rings. The summed E-state index contributed by atoms with van der Waals surface area (Å²) in [5, 5.41) is 11.1. The van der Waals surface area contributed by atoms with Gasteiger partial charge in [-0.25, -0.2) is 0 Å². The van der Waals surface area contributed by atoms with Crippen LogP contribution in [0, 0.1) is 34.5 Å². The van der Waals surface area contributed by atoms with Crippen molar-refractivity contribution < 1.29 is 14.7 Å². The van der Waals surface area contributed by atoms with Gasteiger partial charge in [0.1, 0.15) is 0 Å². The minimum absolute atomic E-state index is 0.0377. The Morgan fingerprint density at radius 2 is 1.87 bits per heavy atom. The molecule has 0 amide bonds. The number of fused-ring (bicyclic) bond motifs is 5. The molecule has 0 saturated heterocycles. The third-order valence-electron chi connectivity index (χ3n) is 9.43. The van der Waals surface area contributed by atoms with Crippen molar-refractivity contribution in [1.82, 2.24) is 0 Å². The van der Waals surface area contributed by atoms with Gasteiger partial charge in [-0.15, -0.1) is 0 Å². The molecule has 30 heavy (non-hydrogen) atoms. The predicted octanol–water partition coefficient (Wildman–Crippen LogP) is 5.64. The van der Waals surface area contributed by atoms with Crippen molar-refractivity contribution in [1.29, 1.82) is 0 Å². The zero-order valence-corrected chi connectivity index (χ0v) is 18.6. The Balaban J connectivity index is 1.48. The molecule has 0 heterocycles. The number of hydrogen-bond acceptors (Lipinski definition) is 3. The molecule has 0 radical (unpaired) electrons. The van der Waals surface area contributed by atoms with Crippen molar-refractivity contribution >= 4 is 23.2 Å². The Morgan fingerprint density at radius 1 is 1.10 bits per heavy atom. The maximum atomic E-state index is 13.3. The highest BCUT2D eigenvalue weighted by atomic mass is 35.5. The molecule has 3 fully saturated rings. The molecule has 160 valence electrons. The molecule has 0 bridgehead atoms. The normalized spacial score (nSPS) is 42.7. The van der Waals surface area contributed by atoms with E-state index in [-0.39, 0.29) is 28.5 Å². The summed E-state index contributed by atoms with van der Waals surface area (Å²) in [6.07, 6.45) is 8.39. The van der Waals surface area contributed by atoms with Crippen molar-refractivity contribution in [3.05, 3.63) is 46.5 Å². The topological polar surface area (TPSA) is 54.4 Å². The molecule has 3 nitrogen and oxygen atoms in total. The van der Waals surface area contributed by atoms with E-state index in [1.165, 1.54) is 5.57 Å². The second-order valence-electron chi connectivity index (χ2n) is 10.6. The number of benzene rings is 1. The zero-order valence-electron chi connectivity index (χ0n) is 17.9. The maximum Gasteiger partial charge on any atom is 0.175 e. The summed E-state index contributed by atoms with van der Waals surface area (Å²) in [5.74, 6) is 0.784. The third-order valence-corrected chi connectivity index (χ3v) is 9.76. The lowest BCUT2D eigenvalue weighted by Crippen LogP contribution is -2.52. The summed E-state index contributed by atoms with van der Waals surface area (Å²) in [6, 6.07) is 7.06. The van der Waals surface area contributed by atoms with Crippen LogP contribution in [0.4, 0.5) is 0 Å². The van der Waals surface area contributed by atoms with E-state index in [4.69, 9.17) is 11.6 Å². The Morgan fingerprint density at radius 3 is 2.63 bits per heavy atom. The zero-order chi connectivity index (χ0) is 21.3. The van der Waals surface area contributed by atoms with Gasteiger partial charge in [0.05, 0.1) is 17.0 Å². The molecular formula is C26H31ClO3. The van der Waals surface area contributed by atoms with E-state index < -0.39 is 5.92 Å². The predicted molar refractivity (Wildman–Crippen MR) is 117 cm³/mol. The Hall–Kier alpha value is -1.45. The van der Waals surface area contributed by atoms with E-state index >= 15 is 0 Å². The first-order valence-electron chi connectivity index (χ1n) is 11.5. The second-order valence-corrected chi connectivity index (χ2v) is 11.1. The van der Waals surface area contributed by atoms with Gasteiger partial charge in [0.15, 0.2) is 11.6 Å². The number of halogens is 1. The molecule has 0 spiro atoms. The van der Waals surface area contributed by atoms with Gasteiger partial charge in [-0.3, -0.25) is 9.59 Å². The molecule has 1 aromatic rings. The van der Waals surface area contributed by atoms with Crippen molar-refractivity contribution in [2.75, 3.05) is 0 Å². The number of carbonyl (C=O) groups excluding carboxylic acids is 2. The lowest BCUT2D eigenvalue weighted by atomic mass is 9.46. The van der Waals surface area contributed by atoms with Gasteiger partial charge in [-0.1, -0.05) is 43.2 Å². The van der Waals surface area contributed by atoms with Crippen LogP contribution in [0.1, 0.15) is 69.2 Å². The van der Waals surface area contributed by atoms with Crippen LogP contribution in [0.2, 0.25) is 5.02 Å². The fourth-order valence-electron chi connectivity index (χ4n) is 7.69. The van der Waals surface area contributed by atoms with Gasteiger partial charge in [-0.2, -0.15) is 0 Å². The number of allylic oxidation sites excluding steroid dienone is 1. The molecule has 7 atom stereocenters. The molecular weight excluding hydrogens is 396 g/mol. The first-order chi connectivity index (χ1) is 14.3. The average Bonchev–Trinajstić information content (AvgIpc) is 3.03. The smallest absolute Gasteiger partial charge is 0.175 e. The fourth-order valence-corrected chi connectivity index (χ4v) is 7.92. The number of rotatable bonds is 2. The largest absolute Gasteiger partial charge is 0.393 e. The van der Waals surface area contributed by atoms with Crippen LogP contribution >= 0.6 is 11.6 Å². The standard InChI is InChI=1S/C26H31ClO3/c1-25-12-11-20-16(19(25)9-10-23(25)29)8-7-15-13-22(28)18(14-26(15,20)2)24(30)17-5-3-4-6-21(17)27/h3-6,13,16,18-20,23,29H,7-12,14H2,1-2H3/t16-,18?,19-,20+,23?,25-,26-/m0/s1. The van der Waals surface area contributed by atoms with E-state index in [0.717, 1.165) is 38.5 Å². The van der Waals surface area contributed by atoms with Gasteiger partial charge in [0.25, 0.3) is 0 Å². The van der Waals surface area contributed by atoms with Gasteiger partial charge >= 0.3 is 0 Å². The first-order valence-corrected chi connectivity index (χ1v) is 11.9. The average molecular weight is 427 g/mol. The molecule has 4 heteroatoms. The number of Topliss-reactive ketones (excluding diaryl/α,β-unsaturated/α-hetero) is 1. The van der Waals surface area contributed by atoms with E-state index in [1.807, 2.05) is 6.07 Å². The maximum absolute atomic E-state index is 13.3. The highest BCUT2D eigenvalue weighted by Gasteiger charge is 2.59. The Bertz CT molecular complexity index is 936. The number of ketones is 2. The molecule has 5 rings (SSSR count). The van der Waals surface area contributed by atoms with Crippen LogP contribution in [0.3, 0.4) is 0 Å². The van der Waals surface area contributed by atoms with Gasteiger partial charge in [-0.05, 0) is 91.7 Å². The summed E-state index contributed by atoms with van der Waals surface area (Å²) in [5.41, 5.74) is 1.63. The van der Waals surface area contributed by atoms with Crippen LogP contribution < -0.4 is 0 Å². The first kappa shape index (κ1) is 20.5. The molecule has 1 N–H and O–H groups in total. The van der Waals surface area contributed by atoms with E-state index in [0.29, 0.717) is 34.8 Å². The minimum Gasteiger partial charge on any atom is -0.393 e. The van der Waals surface area contributed by atoms with E-state index in [2.05, 4.69) is 13.8 Å². The van der Waals surface area contributed by atoms with Crippen molar-refractivity contribution in [3.8, 4) is 0 Å². The lowest BCUT2D eigenvalue weighted by molar-refractivity contribution is -0.121. The quantitative estimate of drug-likeness (QED) is 0.491. The van der Waals surface area contributed by atoms with Crippen LogP contribution in [0.25, 0.3) is 0 Å². The van der Waals surface area contributed by atoms with Crippen molar-refractivity contribution in [3.63, 3.8) is 0 Å². The highest BCUT2D eigenvalue weighted by Crippen LogP contribution is 2.65. The minimum atomic E-state index is -0.639. The number of carbonyl (C=O) groups is 2. The Kier molecular flexibility index (Phi) is 4.79. The highest BCUT2D eigenvalue weighted by molar-refractivity contribution is 6.34. The van der Waals surface area contributed by atoms with Crippen LogP contribution in [-0.4, -0.2) is 22.8 Å². The number of hydrogen-bond donors (Lipinski definition) is 1. The second kappa shape index (κ2) is 7.03. The Labute approximate surface area is 183 Å². The number of aliphatic hydroxyl groups excluding tert-OH is 1. The molecule has 3 saturated carbocycles. The van der Waals surface area contributed by atoms with Crippen LogP contribution in [-0.2, 0) is 4.79 Å². The SMILES string of the molecule is C[C@]12CC(C(=O)c3ccccc3Cl)C(=O)C=C1CC[C@@H]1[C@H]2CC[C@]2(C)C(O)CC[C@@H]12. The van der Waals surface area contributed by atoms with Crippen molar-refractivity contribution in [2.24, 2.45) is 34.5 Å². The summed E-state index contributed by atoms with van der Waals surface area (Å²) in [6.45, 7) is 4.58. The van der Waals surface area contributed by atoms with Crippen LogP contribution in [0.15, 0.2) is 35.9 Å². The van der Waals surface area contributed by atoms with E-state index in [1.54, 1.807) is 24.3 Å². The summed E-state index contributed by atoms with van der Waals surface area (Å²) < 4.78 is 0. The summed E-state index contributed by atoms with van der Waals surface area (Å²) >= 11 is 6.29. The third kappa shape index (κ3) is 2.81. The fraction of sp³-hybridized carbons (Fsp3) is 0.615. The van der Waals surface area contributed by atoms with Gasteiger partial charge in [0.2, 0.25) is 0 Å².